The minimum Gasteiger partial charge on any atom is -0.478 e. The average Bonchev–Trinajstić information content (AvgIpc) is 2.94. The first-order valence-electron chi connectivity index (χ1n) is 7.19. The Morgan fingerprint density at radius 1 is 1.38 bits per heavy atom. The fourth-order valence-corrected chi connectivity index (χ4v) is 2.71. The van der Waals surface area contributed by atoms with Gasteiger partial charge in [0.25, 0.3) is 0 Å². The molecule has 0 atom stereocenters. The van der Waals surface area contributed by atoms with E-state index in [0.29, 0.717) is 24.3 Å². The minimum absolute atomic E-state index is 0. The molecule has 0 aliphatic carbocycles. The minimum atomic E-state index is -0.456. The molecule has 0 spiro atoms. The van der Waals surface area contributed by atoms with Crippen LogP contribution in [0.4, 0.5) is 4.39 Å². The number of pyridine rings is 1. The molecular formula is C17H16Cl2FN3O. The maximum atomic E-state index is 14.4. The van der Waals surface area contributed by atoms with Gasteiger partial charge in [0.1, 0.15) is 5.82 Å². The summed E-state index contributed by atoms with van der Waals surface area (Å²) in [6.45, 7) is 2.41. The molecule has 126 valence electrons. The van der Waals surface area contributed by atoms with E-state index >= 15 is 0 Å². The Balaban J connectivity index is 0.00000208. The highest BCUT2D eigenvalue weighted by Gasteiger charge is 2.14. The zero-order valence-electron chi connectivity index (χ0n) is 12.9. The van der Waals surface area contributed by atoms with Crippen molar-refractivity contribution in [2.75, 3.05) is 6.61 Å². The van der Waals surface area contributed by atoms with Crippen LogP contribution in [0.3, 0.4) is 0 Å². The van der Waals surface area contributed by atoms with Crippen molar-refractivity contribution < 1.29 is 9.13 Å². The number of hydrogen-bond acceptors (Lipinski definition) is 3. The highest BCUT2D eigenvalue weighted by Crippen LogP contribution is 2.25. The molecule has 3 aromatic rings. The molecule has 1 aromatic carbocycles. The smallest absolute Gasteiger partial charge is 0.213 e. The summed E-state index contributed by atoms with van der Waals surface area (Å²) >= 11 is 6.23. The normalized spacial score (nSPS) is 10.5. The van der Waals surface area contributed by atoms with E-state index in [1.807, 2.05) is 29.0 Å². The molecule has 0 aliphatic rings. The highest BCUT2D eigenvalue weighted by molar-refractivity contribution is 6.31. The number of ether oxygens (including phenoxy) is 1. The SMILES string of the molecule is CCOC(=N)c1cc(F)c(Cn2ccc3ncccc32)c(Cl)c1.Cl. The summed E-state index contributed by atoms with van der Waals surface area (Å²) in [4.78, 5) is 4.25. The number of hydrogen-bond donors (Lipinski definition) is 1. The van der Waals surface area contributed by atoms with Gasteiger partial charge in [0, 0.05) is 28.5 Å². The Bertz CT molecular complexity index is 856. The van der Waals surface area contributed by atoms with Crippen LogP contribution in [0.25, 0.3) is 11.0 Å². The lowest BCUT2D eigenvalue weighted by atomic mass is 10.1. The van der Waals surface area contributed by atoms with Crippen LogP contribution >= 0.6 is 24.0 Å². The molecule has 2 heterocycles. The zero-order chi connectivity index (χ0) is 16.4. The maximum Gasteiger partial charge on any atom is 0.213 e. The Labute approximate surface area is 150 Å². The van der Waals surface area contributed by atoms with Crippen LogP contribution in [0.5, 0.6) is 0 Å². The number of rotatable bonds is 4. The summed E-state index contributed by atoms with van der Waals surface area (Å²) in [7, 11) is 0. The van der Waals surface area contributed by atoms with Crippen LogP contribution in [-0.2, 0) is 11.3 Å². The van der Waals surface area contributed by atoms with E-state index in [1.54, 1.807) is 19.2 Å². The first-order valence-corrected chi connectivity index (χ1v) is 7.57. The van der Waals surface area contributed by atoms with E-state index in [-0.39, 0.29) is 23.3 Å². The second-order valence-electron chi connectivity index (χ2n) is 5.03. The second kappa shape index (κ2) is 7.64. The molecule has 0 amide bonds. The van der Waals surface area contributed by atoms with E-state index in [4.69, 9.17) is 21.7 Å². The van der Waals surface area contributed by atoms with Gasteiger partial charge in [0.15, 0.2) is 0 Å². The molecule has 1 N–H and O–H groups in total. The van der Waals surface area contributed by atoms with Crippen LogP contribution in [0.15, 0.2) is 42.7 Å². The lowest BCUT2D eigenvalue weighted by Gasteiger charge is -2.12. The van der Waals surface area contributed by atoms with Gasteiger partial charge in [-0.25, -0.2) is 4.39 Å². The molecule has 3 rings (SSSR count). The molecule has 4 nitrogen and oxygen atoms in total. The van der Waals surface area contributed by atoms with Crippen molar-refractivity contribution in [1.29, 1.82) is 5.41 Å². The van der Waals surface area contributed by atoms with E-state index in [1.165, 1.54) is 6.07 Å². The quantitative estimate of drug-likeness (QED) is 0.538. The number of benzene rings is 1. The molecule has 0 fully saturated rings. The van der Waals surface area contributed by atoms with Gasteiger partial charge in [0.05, 0.1) is 24.2 Å². The van der Waals surface area contributed by atoms with Crippen LogP contribution in [-0.4, -0.2) is 22.1 Å². The first-order chi connectivity index (χ1) is 11.1. The number of halogens is 3. The third-order valence-corrected chi connectivity index (χ3v) is 3.90. The predicted octanol–water partition coefficient (Wildman–Crippen LogP) is 4.66. The van der Waals surface area contributed by atoms with Crippen molar-refractivity contribution in [2.24, 2.45) is 0 Å². The van der Waals surface area contributed by atoms with Crippen molar-refractivity contribution in [1.82, 2.24) is 9.55 Å². The topological polar surface area (TPSA) is 50.9 Å². The van der Waals surface area contributed by atoms with Gasteiger partial charge >= 0.3 is 0 Å². The van der Waals surface area contributed by atoms with Gasteiger partial charge < -0.3 is 9.30 Å². The summed E-state index contributed by atoms with van der Waals surface area (Å²) in [6, 6.07) is 8.47. The Morgan fingerprint density at radius 3 is 2.88 bits per heavy atom. The summed E-state index contributed by atoms with van der Waals surface area (Å²) in [5, 5.41) is 8.01. The van der Waals surface area contributed by atoms with Crippen molar-refractivity contribution in [3.05, 3.63) is 64.7 Å². The van der Waals surface area contributed by atoms with Crippen LogP contribution in [0.2, 0.25) is 5.02 Å². The molecule has 0 saturated heterocycles. The number of nitrogens with zero attached hydrogens (tertiary/aromatic N) is 2. The highest BCUT2D eigenvalue weighted by atomic mass is 35.5. The Kier molecular flexibility index (Phi) is 5.80. The third-order valence-electron chi connectivity index (χ3n) is 3.56. The van der Waals surface area contributed by atoms with Crippen molar-refractivity contribution >= 4 is 40.9 Å². The van der Waals surface area contributed by atoms with Crippen molar-refractivity contribution in [2.45, 2.75) is 13.5 Å². The van der Waals surface area contributed by atoms with E-state index < -0.39 is 5.82 Å². The van der Waals surface area contributed by atoms with Gasteiger partial charge in [-0.15, -0.1) is 12.4 Å². The summed E-state index contributed by atoms with van der Waals surface area (Å²) in [5.41, 5.74) is 2.46. The lowest BCUT2D eigenvalue weighted by molar-refractivity contribution is 0.325. The molecule has 0 radical (unpaired) electrons. The Hall–Kier alpha value is -2.11. The standard InChI is InChI=1S/C17H15ClFN3O.ClH/c1-2-23-17(20)11-8-13(18)12(14(19)9-11)10-22-7-5-15-16(22)4-3-6-21-15;/h3-9,20H,2,10H2,1H3;1H. The molecule has 0 saturated carbocycles. The molecular weight excluding hydrogens is 352 g/mol. The molecule has 0 aliphatic heterocycles. The number of nitrogens with one attached hydrogen (secondary N) is 1. The van der Waals surface area contributed by atoms with Gasteiger partial charge in [-0.2, -0.15) is 0 Å². The monoisotopic (exact) mass is 367 g/mol. The van der Waals surface area contributed by atoms with Crippen LogP contribution < -0.4 is 0 Å². The van der Waals surface area contributed by atoms with Gasteiger partial charge in [0.2, 0.25) is 5.90 Å². The number of aromatic nitrogens is 2. The average molecular weight is 368 g/mol. The van der Waals surface area contributed by atoms with E-state index in [2.05, 4.69) is 4.98 Å². The molecule has 2 aromatic heterocycles. The fourth-order valence-electron chi connectivity index (χ4n) is 2.44. The first kappa shape index (κ1) is 18.2. The van der Waals surface area contributed by atoms with Crippen molar-refractivity contribution in [3.63, 3.8) is 0 Å². The summed E-state index contributed by atoms with van der Waals surface area (Å²) < 4.78 is 21.4. The Morgan fingerprint density at radius 2 is 2.17 bits per heavy atom. The molecule has 0 bridgehead atoms. The lowest BCUT2D eigenvalue weighted by Crippen LogP contribution is -2.08. The second-order valence-corrected chi connectivity index (χ2v) is 5.44. The largest absolute Gasteiger partial charge is 0.478 e. The summed E-state index contributed by atoms with van der Waals surface area (Å²) in [5.74, 6) is -0.543. The van der Waals surface area contributed by atoms with Crippen LogP contribution in [0, 0.1) is 11.2 Å². The molecule has 24 heavy (non-hydrogen) atoms. The molecule has 7 heteroatoms. The summed E-state index contributed by atoms with van der Waals surface area (Å²) in [6.07, 6.45) is 3.57. The predicted molar refractivity (Wildman–Crippen MR) is 95.9 cm³/mol. The fraction of sp³-hybridized carbons (Fsp3) is 0.176. The van der Waals surface area contributed by atoms with E-state index in [9.17, 15) is 4.39 Å². The van der Waals surface area contributed by atoms with Gasteiger partial charge in [-0.3, -0.25) is 10.4 Å². The molecule has 0 unspecified atom stereocenters. The van der Waals surface area contributed by atoms with E-state index in [0.717, 1.165) is 11.0 Å². The maximum absolute atomic E-state index is 14.4. The number of fused-ring (bicyclic) bond motifs is 1. The van der Waals surface area contributed by atoms with Gasteiger partial charge in [-0.1, -0.05) is 11.6 Å². The zero-order valence-corrected chi connectivity index (χ0v) is 14.5. The van der Waals surface area contributed by atoms with Crippen LogP contribution in [0.1, 0.15) is 18.1 Å². The van der Waals surface area contributed by atoms with Crippen molar-refractivity contribution in [3.8, 4) is 0 Å². The third kappa shape index (κ3) is 3.52. The van der Waals surface area contributed by atoms with Gasteiger partial charge in [-0.05, 0) is 37.3 Å².